The predicted molar refractivity (Wildman–Crippen MR) is 60.0 cm³/mol. The fourth-order valence-electron chi connectivity index (χ4n) is 2.22. The minimum absolute atomic E-state index is 0.0142. The Balaban J connectivity index is 2.06. The summed E-state index contributed by atoms with van der Waals surface area (Å²) in [6, 6.07) is 6.46. The summed E-state index contributed by atoms with van der Waals surface area (Å²) in [5.41, 5.74) is 0.364. The Bertz CT molecular complexity index is 440. The molecule has 1 heterocycles. The van der Waals surface area contributed by atoms with Crippen molar-refractivity contribution in [3.63, 3.8) is 0 Å². The van der Waals surface area contributed by atoms with Gasteiger partial charge in [0.2, 0.25) is 0 Å². The molecule has 90 valence electrons. The Morgan fingerprint density at radius 1 is 1.41 bits per heavy atom. The van der Waals surface area contributed by atoms with E-state index >= 15 is 0 Å². The van der Waals surface area contributed by atoms with E-state index in [9.17, 15) is 8.78 Å². The summed E-state index contributed by atoms with van der Waals surface area (Å²) in [5.74, 6) is -1.57. The molecule has 0 aromatic heterocycles. The minimum atomic E-state index is -0.809. The Morgan fingerprint density at radius 3 is 3.00 bits per heavy atom. The third-order valence-electron chi connectivity index (χ3n) is 3.11. The third-order valence-corrected chi connectivity index (χ3v) is 3.11. The molecule has 1 aliphatic heterocycles. The van der Waals surface area contributed by atoms with E-state index < -0.39 is 11.6 Å². The van der Waals surface area contributed by atoms with Crippen LogP contribution in [0.2, 0.25) is 0 Å². The van der Waals surface area contributed by atoms with Gasteiger partial charge in [-0.25, -0.2) is 8.78 Å². The van der Waals surface area contributed by atoms with Crippen molar-refractivity contribution in [3.8, 4) is 6.07 Å². The largest absolute Gasteiger partial charge is 0.298 e. The zero-order valence-electron chi connectivity index (χ0n) is 9.50. The molecule has 1 fully saturated rings. The number of piperidine rings is 1. The van der Waals surface area contributed by atoms with Gasteiger partial charge in [-0.15, -0.1) is 0 Å². The molecular weight excluding hydrogens is 222 g/mol. The van der Waals surface area contributed by atoms with Gasteiger partial charge in [-0.05, 0) is 25.5 Å². The molecule has 0 aliphatic carbocycles. The highest BCUT2D eigenvalue weighted by atomic mass is 19.2. The van der Waals surface area contributed by atoms with Crippen molar-refractivity contribution in [2.75, 3.05) is 13.1 Å². The van der Waals surface area contributed by atoms with Gasteiger partial charge in [0.25, 0.3) is 0 Å². The van der Waals surface area contributed by atoms with Gasteiger partial charge >= 0.3 is 0 Å². The maximum Gasteiger partial charge on any atom is 0.163 e. The number of nitrogens with zero attached hydrogens (tertiary/aromatic N) is 2. The number of nitriles is 1. The van der Waals surface area contributed by atoms with E-state index in [0.29, 0.717) is 18.7 Å². The Morgan fingerprint density at radius 2 is 2.24 bits per heavy atom. The van der Waals surface area contributed by atoms with Gasteiger partial charge < -0.3 is 0 Å². The molecule has 1 unspecified atom stereocenters. The molecule has 17 heavy (non-hydrogen) atoms. The molecule has 1 saturated heterocycles. The van der Waals surface area contributed by atoms with Crippen molar-refractivity contribution < 1.29 is 8.78 Å². The first-order chi connectivity index (χ1) is 8.20. The highest BCUT2D eigenvalue weighted by Crippen LogP contribution is 2.19. The molecule has 0 N–H and O–H groups in total. The number of likely N-dealkylation sites (tertiary alicyclic amines) is 1. The number of benzene rings is 1. The average molecular weight is 236 g/mol. The van der Waals surface area contributed by atoms with E-state index in [1.807, 2.05) is 4.90 Å². The van der Waals surface area contributed by atoms with Crippen LogP contribution >= 0.6 is 0 Å². The van der Waals surface area contributed by atoms with Gasteiger partial charge in [-0.3, -0.25) is 4.90 Å². The van der Waals surface area contributed by atoms with Crippen molar-refractivity contribution >= 4 is 0 Å². The monoisotopic (exact) mass is 236 g/mol. The summed E-state index contributed by atoms with van der Waals surface area (Å²) in [4.78, 5) is 2.01. The molecule has 1 aromatic rings. The lowest BCUT2D eigenvalue weighted by Gasteiger charge is -2.29. The fourth-order valence-corrected chi connectivity index (χ4v) is 2.22. The normalized spacial score (nSPS) is 21.1. The van der Waals surface area contributed by atoms with Gasteiger partial charge in [0, 0.05) is 18.7 Å². The Kier molecular flexibility index (Phi) is 3.70. The van der Waals surface area contributed by atoms with E-state index in [-0.39, 0.29) is 5.92 Å². The van der Waals surface area contributed by atoms with Crippen LogP contribution in [0.3, 0.4) is 0 Å². The highest BCUT2D eigenvalue weighted by Gasteiger charge is 2.20. The Labute approximate surface area is 99.5 Å². The molecule has 0 amide bonds. The van der Waals surface area contributed by atoms with Gasteiger partial charge in [0.05, 0.1) is 12.0 Å². The molecule has 1 aromatic carbocycles. The first-order valence-corrected chi connectivity index (χ1v) is 5.75. The van der Waals surface area contributed by atoms with Crippen LogP contribution < -0.4 is 0 Å². The van der Waals surface area contributed by atoms with E-state index in [2.05, 4.69) is 6.07 Å². The highest BCUT2D eigenvalue weighted by molar-refractivity contribution is 5.19. The van der Waals surface area contributed by atoms with Crippen LogP contribution in [0.4, 0.5) is 8.78 Å². The zero-order chi connectivity index (χ0) is 12.3. The van der Waals surface area contributed by atoms with Crippen LogP contribution in [0.25, 0.3) is 0 Å². The molecule has 0 spiro atoms. The van der Waals surface area contributed by atoms with Crippen molar-refractivity contribution in [2.24, 2.45) is 5.92 Å². The second kappa shape index (κ2) is 5.24. The summed E-state index contributed by atoms with van der Waals surface area (Å²) in [5, 5.41) is 8.86. The predicted octanol–water partition coefficient (Wildman–Crippen LogP) is 2.70. The zero-order valence-corrected chi connectivity index (χ0v) is 9.50. The summed E-state index contributed by atoms with van der Waals surface area (Å²) in [7, 11) is 0. The van der Waals surface area contributed by atoms with Crippen LogP contribution in [0.5, 0.6) is 0 Å². The third kappa shape index (κ3) is 2.80. The molecule has 4 heteroatoms. The lowest BCUT2D eigenvalue weighted by atomic mass is 9.99. The van der Waals surface area contributed by atoms with Crippen LogP contribution in [0.1, 0.15) is 18.4 Å². The number of hydrogen-bond acceptors (Lipinski definition) is 2. The van der Waals surface area contributed by atoms with E-state index in [1.165, 1.54) is 6.07 Å². The minimum Gasteiger partial charge on any atom is -0.298 e. The molecule has 0 saturated carbocycles. The van der Waals surface area contributed by atoms with Gasteiger partial charge in [0.1, 0.15) is 0 Å². The number of hydrogen-bond donors (Lipinski definition) is 0. The van der Waals surface area contributed by atoms with E-state index in [0.717, 1.165) is 25.5 Å². The smallest absolute Gasteiger partial charge is 0.163 e. The fraction of sp³-hybridized carbons (Fsp3) is 0.462. The van der Waals surface area contributed by atoms with E-state index in [1.54, 1.807) is 6.07 Å². The summed E-state index contributed by atoms with van der Waals surface area (Å²) >= 11 is 0. The molecule has 1 atom stereocenters. The first-order valence-electron chi connectivity index (χ1n) is 5.75. The van der Waals surface area contributed by atoms with Crippen molar-refractivity contribution in [2.45, 2.75) is 19.4 Å². The molecule has 2 nitrogen and oxygen atoms in total. The van der Waals surface area contributed by atoms with Gasteiger partial charge in [0.15, 0.2) is 11.6 Å². The molecule has 0 bridgehead atoms. The SMILES string of the molecule is N#CC1CCCN(Cc2cccc(F)c2F)C1. The quantitative estimate of drug-likeness (QED) is 0.789. The van der Waals surface area contributed by atoms with Gasteiger partial charge in [-0.2, -0.15) is 5.26 Å². The lowest BCUT2D eigenvalue weighted by molar-refractivity contribution is 0.189. The molecule has 2 rings (SSSR count). The summed E-state index contributed by atoms with van der Waals surface area (Å²) < 4.78 is 26.5. The lowest BCUT2D eigenvalue weighted by Crippen LogP contribution is -2.34. The van der Waals surface area contributed by atoms with Crippen LogP contribution in [0.15, 0.2) is 18.2 Å². The first kappa shape index (κ1) is 12.0. The second-order valence-electron chi connectivity index (χ2n) is 4.42. The molecule has 1 aliphatic rings. The standard InChI is InChI=1S/C13H14F2N2/c14-12-5-1-4-11(13(12)15)9-17-6-2-3-10(7-16)8-17/h1,4-5,10H,2-3,6,8-9H2. The van der Waals surface area contributed by atoms with Crippen molar-refractivity contribution in [1.29, 1.82) is 5.26 Å². The Hall–Kier alpha value is -1.47. The van der Waals surface area contributed by atoms with Crippen molar-refractivity contribution in [3.05, 3.63) is 35.4 Å². The number of halogens is 2. The van der Waals surface area contributed by atoms with E-state index in [4.69, 9.17) is 5.26 Å². The average Bonchev–Trinajstić information content (AvgIpc) is 2.35. The topological polar surface area (TPSA) is 27.0 Å². The molecule has 0 radical (unpaired) electrons. The number of rotatable bonds is 2. The molecular formula is C13H14F2N2. The van der Waals surface area contributed by atoms with Gasteiger partial charge in [-0.1, -0.05) is 12.1 Å². The second-order valence-corrected chi connectivity index (χ2v) is 4.42. The van der Waals surface area contributed by atoms with Crippen LogP contribution in [0, 0.1) is 28.9 Å². The summed E-state index contributed by atoms with van der Waals surface area (Å²) in [6.45, 7) is 1.86. The maximum absolute atomic E-state index is 13.5. The van der Waals surface area contributed by atoms with Crippen LogP contribution in [-0.4, -0.2) is 18.0 Å². The van der Waals surface area contributed by atoms with Crippen LogP contribution in [-0.2, 0) is 6.54 Å². The summed E-state index contributed by atoms with van der Waals surface area (Å²) in [6.07, 6.45) is 1.84. The maximum atomic E-state index is 13.5. The van der Waals surface area contributed by atoms with Crippen molar-refractivity contribution in [1.82, 2.24) is 4.90 Å².